The number of hydrogen-bond acceptors (Lipinski definition) is 4. The van der Waals surface area contributed by atoms with Crippen LogP contribution >= 0.6 is 0 Å². The summed E-state index contributed by atoms with van der Waals surface area (Å²) in [6.07, 6.45) is 17.8. The lowest BCUT2D eigenvalue weighted by Gasteiger charge is -2.20. The molecule has 0 aromatic carbocycles. The van der Waals surface area contributed by atoms with Crippen molar-refractivity contribution in [1.82, 2.24) is 4.90 Å². The predicted octanol–water partition coefficient (Wildman–Crippen LogP) is 7.13. The molecule has 0 saturated carbocycles. The predicted molar refractivity (Wildman–Crippen MR) is 125 cm³/mol. The van der Waals surface area contributed by atoms with Crippen LogP contribution in [0.3, 0.4) is 0 Å². The second kappa shape index (κ2) is 21.0. The van der Waals surface area contributed by atoms with Gasteiger partial charge in [0.15, 0.2) is 0 Å². The highest BCUT2D eigenvalue weighted by Gasteiger charge is 2.18. The minimum absolute atomic E-state index is 0.0357. The van der Waals surface area contributed by atoms with E-state index in [1.54, 1.807) is 0 Å². The Balaban J connectivity index is 3.48. The molecule has 0 aliphatic rings. The number of carbonyl (C=O) groups excluding carboxylic acids is 2. The fourth-order valence-corrected chi connectivity index (χ4v) is 3.32. The number of nitrogens with zero attached hydrogens (tertiary/aromatic N) is 1. The second-order valence-corrected chi connectivity index (χ2v) is 8.80. The molecule has 0 N–H and O–H groups in total. The van der Waals surface area contributed by atoms with Gasteiger partial charge in [0.25, 0.3) is 0 Å². The van der Waals surface area contributed by atoms with Gasteiger partial charge in [-0.1, -0.05) is 104 Å². The van der Waals surface area contributed by atoms with Crippen LogP contribution < -0.4 is 0 Å². The van der Waals surface area contributed by atoms with E-state index in [2.05, 4.69) is 6.92 Å². The van der Waals surface area contributed by atoms with E-state index in [-0.39, 0.29) is 18.4 Å². The Bertz CT molecular complexity index is 412. The van der Waals surface area contributed by atoms with Crippen LogP contribution in [-0.2, 0) is 14.3 Å². The van der Waals surface area contributed by atoms with Gasteiger partial charge in [-0.15, -0.1) is 0 Å². The Labute approximate surface area is 186 Å². The molecule has 30 heavy (non-hydrogen) atoms. The quantitative estimate of drug-likeness (QED) is 0.153. The molecule has 1 amide bonds. The molecule has 178 valence electrons. The van der Waals surface area contributed by atoms with Gasteiger partial charge in [-0.05, 0) is 19.3 Å². The summed E-state index contributed by atoms with van der Waals surface area (Å²) in [5.41, 5.74) is 0. The smallest absolute Gasteiger partial charge is 0.410 e. The number of ether oxygens (including phenoxy) is 2. The number of likely N-dealkylation sites (N-methyl/N-ethyl adjacent to an activating group) is 1. The third-order valence-electron chi connectivity index (χ3n) is 5.26. The lowest BCUT2D eigenvalue weighted by Crippen LogP contribution is -2.37. The largest absolute Gasteiger partial charge is 0.464 e. The first-order valence-corrected chi connectivity index (χ1v) is 12.6. The van der Waals surface area contributed by atoms with Crippen LogP contribution in [0, 0.1) is 5.92 Å². The summed E-state index contributed by atoms with van der Waals surface area (Å²) in [6, 6.07) is 0. The Hall–Kier alpha value is -1.26. The number of esters is 1. The van der Waals surface area contributed by atoms with Crippen molar-refractivity contribution >= 4 is 12.1 Å². The van der Waals surface area contributed by atoms with Gasteiger partial charge in [-0.25, -0.2) is 4.79 Å². The van der Waals surface area contributed by atoms with Crippen LogP contribution in [0.1, 0.15) is 118 Å². The molecule has 0 atom stereocenters. The van der Waals surface area contributed by atoms with Crippen molar-refractivity contribution in [3.05, 3.63) is 0 Å². The van der Waals surface area contributed by atoms with E-state index in [0.717, 1.165) is 12.8 Å². The van der Waals surface area contributed by atoms with E-state index in [1.807, 2.05) is 20.8 Å². The first-order valence-electron chi connectivity index (χ1n) is 12.6. The van der Waals surface area contributed by atoms with Gasteiger partial charge in [0.05, 0.1) is 13.2 Å². The Morgan fingerprint density at radius 3 is 1.60 bits per heavy atom. The first-order chi connectivity index (χ1) is 14.5. The van der Waals surface area contributed by atoms with Crippen LogP contribution in [0.25, 0.3) is 0 Å². The van der Waals surface area contributed by atoms with E-state index in [4.69, 9.17) is 9.47 Å². The van der Waals surface area contributed by atoms with Crippen molar-refractivity contribution in [3.63, 3.8) is 0 Å². The molecule has 0 heterocycles. The number of carbonyl (C=O) groups is 2. The van der Waals surface area contributed by atoms with E-state index in [9.17, 15) is 9.59 Å². The summed E-state index contributed by atoms with van der Waals surface area (Å²) in [6.45, 7) is 9.26. The number of hydrogen-bond donors (Lipinski definition) is 0. The van der Waals surface area contributed by atoms with Crippen LogP contribution in [0.5, 0.6) is 0 Å². The zero-order chi connectivity index (χ0) is 22.5. The maximum absolute atomic E-state index is 11.9. The van der Waals surface area contributed by atoms with Crippen LogP contribution in [-0.4, -0.2) is 43.3 Å². The molecule has 0 aliphatic heterocycles. The summed E-state index contributed by atoms with van der Waals surface area (Å²) in [5, 5.41) is 0. The van der Waals surface area contributed by atoms with E-state index in [1.165, 1.54) is 81.9 Å². The van der Waals surface area contributed by atoms with E-state index >= 15 is 0 Å². The minimum Gasteiger partial charge on any atom is -0.464 e. The Morgan fingerprint density at radius 2 is 1.17 bits per heavy atom. The van der Waals surface area contributed by atoms with Gasteiger partial charge in [0, 0.05) is 6.54 Å². The summed E-state index contributed by atoms with van der Waals surface area (Å²) in [7, 11) is 0. The molecular formula is C25H49NO4. The van der Waals surface area contributed by atoms with Crippen LogP contribution in [0.4, 0.5) is 4.79 Å². The molecule has 0 aromatic heterocycles. The second-order valence-electron chi connectivity index (χ2n) is 8.80. The molecule has 0 bridgehead atoms. The number of amides is 1. The van der Waals surface area contributed by atoms with Crippen molar-refractivity contribution < 1.29 is 19.1 Å². The fraction of sp³-hybridized carbons (Fsp3) is 0.920. The molecule has 0 aliphatic carbocycles. The van der Waals surface area contributed by atoms with Gasteiger partial charge in [0.1, 0.15) is 6.54 Å². The molecule has 0 aromatic rings. The highest BCUT2D eigenvalue weighted by Crippen LogP contribution is 2.13. The lowest BCUT2D eigenvalue weighted by molar-refractivity contribution is -0.144. The van der Waals surface area contributed by atoms with Crippen molar-refractivity contribution in [2.75, 3.05) is 26.3 Å². The normalized spacial score (nSPS) is 11.0. The molecular weight excluding hydrogens is 378 g/mol. The third kappa shape index (κ3) is 18.7. The highest BCUT2D eigenvalue weighted by molar-refractivity contribution is 5.78. The Morgan fingerprint density at radius 1 is 0.700 bits per heavy atom. The molecule has 0 radical (unpaired) electrons. The summed E-state index contributed by atoms with van der Waals surface area (Å²) >= 11 is 0. The van der Waals surface area contributed by atoms with Crippen molar-refractivity contribution in [2.45, 2.75) is 118 Å². The zero-order valence-corrected chi connectivity index (χ0v) is 20.4. The van der Waals surface area contributed by atoms with Gasteiger partial charge in [0.2, 0.25) is 0 Å². The average molecular weight is 428 g/mol. The minimum atomic E-state index is -0.445. The van der Waals surface area contributed by atoms with Crippen molar-refractivity contribution in [2.24, 2.45) is 5.92 Å². The molecule has 5 heteroatoms. The molecule has 0 fully saturated rings. The van der Waals surface area contributed by atoms with Gasteiger partial charge in [-0.3, -0.25) is 9.69 Å². The third-order valence-corrected chi connectivity index (χ3v) is 5.26. The topological polar surface area (TPSA) is 55.8 Å². The van der Waals surface area contributed by atoms with Crippen molar-refractivity contribution in [3.8, 4) is 0 Å². The molecule has 5 nitrogen and oxygen atoms in total. The highest BCUT2D eigenvalue weighted by atomic mass is 16.6. The average Bonchev–Trinajstić information content (AvgIpc) is 2.72. The van der Waals surface area contributed by atoms with E-state index in [0.29, 0.717) is 19.8 Å². The van der Waals surface area contributed by atoms with Gasteiger partial charge in [-0.2, -0.15) is 0 Å². The lowest BCUT2D eigenvalue weighted by atomic mass is 10.0. The SMILES string of the molecule is CCCCCCCCCCCCCCCCOC(=O)CN(CC)C(=O)OCC(C)C. The zero-order valence-electron chi connectivity index (χ0n) is 20.4. The Kier molecular flexibility index (Phi) is 20.1. The maximum atomic E-state index is 11.9. The summed E-state index contributed by atoms with van der Waals surface area (Å²) in [5.74, 6) is -0.0760. The van der Waals surface area contributed by atoms with Gasteiger partial charge >= 0.3 is 12.1 Å². The summed E-state index contributed by atoms with van der Waals surface area (Å²) in [4.78, 5) is 25.2. The number of unbranched alkanes of at least 4 members (excludes halogenated alkanes) is 13. The molecule has 0 spiro atoms. The van der Waals surface area contributed by atoms with Crippen LogP contribution in [0.15, 0.2) is 0 Å². The van der Waals surface area contributed by atoms with Gasteiger partial charge < -0.3 is 9.47 Å². The summed E-state index contributed by atoms with van der Waals surface area (Å²) < 4.78 is 10.4. The van der Waals surface area contributed by atoms with E-state index < -0.39 is 6.09 Å². The van der Waals surface area contributed by atoms with Crippen LogP contribution in [0.2, 0.25) is 0 Å². The fourth-order valence-electron chi connectivity index (χ4n) is 3.32. The molecule has 0 rings (SSSR count). The van der Waals surface area contributed by atoms with Crippen molar-refractivity contribution in [1.29, 1.82) is 0 Å². The number of rotatable bonds is 20. The maximum Gasteiger partial charge on any atom is 0.410 e. The standard InChI is InChI=1S/C25H49NO4/c1-5-7-8-9-10-11-12-13-14-15-16-17-18-19-20-29-24(27)21-26(6-2)25(28)30-22-23(3)4/h23H,5-22H2,1-4H3. The molecule has 0 unspecified atom stereocenters. The molecule has 0 saturated heterocycles. The monoisotopic (exact) mass is 427 g/mol. The first kappa shape index (κ1) is 28.7.